The quantitative estimate of drug-likeness (QED) is 0.187. The van der Waals surface area contributed by atoms with Crippen molar-refractivity contribution < 1.29 is 51.2 Å². The zero-order chi connectivity index (χ0) is 30.1. The van der Waals surface area contributed by atoms with Crippen LogP contribution in [-0.2, 0) is 19.1 Å². The molecule has 17 heteroatoms. The number of fused-ring (bicyclic) bond motifs is 1. The van der Waals surface area contributed by atoms with E-state index in [0.29, 0.717) is 17.9 Å². The molecule has 2 aliphatic rings. The van der Waals surface area contributed by atoms with E-state index >= 15 is 4.39 Å². The second kappa shape index (κ2) is 12.2. The molecule has 0 radical (unpaired) electrons. The van der Waals surface area contributed by atoms with Gasteiger partial charge in [0.15, 0.2) is 23.2 Å². The highest BCUT2D eigenvalue weighted by Gasteiger charge is 2.54. The van der Waals surface area contributed by atoms with Crippen LogP contribution in [0.4, 0.5) is 27.8 Å². The van der Waals surface area contributed by atoms with Gasteiger partial charge in [0, 0.05) is 19.4 Å². The number of halogens is 6. The molecule has 41 heavy (non-hydrogen) atoms. The minimum Gasteiger partial charge on any atom is -0.479 e. The third kappa shape index (κ3) is 6.48. The molecular weight excluding hydrogens is 585 g/mol. The Morgan fingerprint density at radius 1 is 1.17 bits per heavy atom. The smallest absolute Gasteiger partial charge is 0.394 e. The molecule has 2 fully saturated rings. The maximum absolute atomic E-state index is 15.1. The molecule has 3 N–H and O–H groups in total. The lowest BCUT2D eigenvalue weighted by molar-refractivity contribution is -0.206. The second-order valence-electron chi connectivity index (χ2n) is 10.3. The summed E-state index contributed by atoms with van der Waals surface area (Å²) in [5, 5.41) is 22.5. The maximum atomic E-state index is 15.1. The lowest BCUT2D eigenvalue weighted by Crippen LogP contribution is -2.52. The van der Waals surface area contributed by atoms with E-state index in [-0.39, 0.29) is 23.8 Å². The topological polar surface area (TPSA) is 149 Å². The zero-order valence-electron chi connectivity index (χ0n) is 21.8. The summed E-state index contributed by atoms with van der Waals surface area (Å²) < 4.78 is 80.9. The lowest BCUT2D eigenvalue weighted by Gasteiger charge is -2.36. The first kappa shape index (κ1) is 31.1. The van der Waals surface area contributed by atoms with Crippen molar-refractivity contribution in [3.63, 3.8) is 0 Å². The molecule has 1 aliphatic carbocycles. The summed E-state index contributed by atoms with van der Waals surface area (Å²) in [6.45, 7) is 1.83. The van der Waals surface area contributed by atoms with Crippen LogP contribution in [0.2, 0.25) is 5.28 Å². The number of carboxylic acid groups (broad SMARTS) is 2. The summed E-state index contributed by atoms with van der Waals surface area (Å²) in [5.74, 6) is -6.69. The molecule has 228 valence electrons. The summed E-state index contributed by atoms with van der Waals surface area (Å²) in [6, 6.07) is 0. The fourth-order valence-electron chi connectivity index (χ4n) is 5.34. The zero-order valence-corrected chi connectivity index (χ0v) is 22.5. The van der Waals surface area contributed by atoms with Crippen LogP contribution >= 0.6 is 11.6 Å². The third-order valence-corrected chi connectivity index (χ3v) is 7.59. The first-order chi connectivity index (χ1) is 19.3. The normalized spacial score (nSPS) is 27.3. The van der Waals surface area contributed by atoms with Crippen molar-refractivity contribution in [3.8, 4) is 0 Å². The largest absolute Gasteiger partial charge is 0.479 e. The molecule has 11 nitrogen and oxygen atoms in total. The Balaban J connectivity index is 1.47. The number of rotatable bonds is 11. The molecule has 2 aromatic heterocycles. The molecule has 3 unspecified atom stereocenters. The van der Waals surface area contributed by atoms with Crippen LogP contribution in [0, 0.1) is 11.8 Å². The monoisotopic (exact) mass is 613 g/mol. The van der Waals surface area contributed by atoms with Gasteiger partial charge in [0.05, 0.1) is 25.0 Å². The molecule has 6 atom stereocenters. The number of hydrogen-bond acceptors (Lipinski definition) is 8. The van der Waals surface area contributed by atoms with E-state index in [9.17, 15) is 37.4 Å². The van der Waals surface area contributed by atoms with Crippen molar-refractivity contribution in [1.29, 1.82) is 0 Å². The van der Waals surface area contributed by atoms with E-state index in [4.69, 9.17) is 21.1 Å². The average Bonchev–Trinajstić information content (AvgIpc) is 3.46. The van der Waals surface area contributed by atoms with Crippen LogP contribution in [-0.4, -0.2) is 85.0 Å². The molecule has 2 aromatic rings. The van der Waals surface area contributed by atoms with Crippen molar-refractivity contribution in [1.82, 2.24) is 19.5 Å². The Labute approximate surface area is 235 Å². The summed E-state index contributed by atoms with van der Waals surface area (Å²) in [5.41, 5.74) is -2.43. The van der Waals surface area contributed by atoms with Crippen molar-refractivity contribution in [2.75, 3.05) is 18.5 Å². The van der Waals surface area contributed by atoms with Crippen LogP contribution in [0.1, 0.15) is 51.7 Å². The Morgan fingerprint density at radius 2 is 1.88 bits per heavy atom. The molecular formula is C24H29ClF5N5O6. The van der Waals surface area contributed by atoms with Gasteiger partial charge in [-0.3, -0.25) is 4.57 Å². The summed E-state index contributed by atoms with van der Waals surface area (Å²) in [4.78, 5) is 36.6. The van der Waals surface area contributed by atoms with Gasteiger partial charge < -0.3 is 25.0 Å². The lowest BCUT2D eigenvalue weighted by atomic mass is 9.75. The number of aliphatic carboxylic acids is 2. The first-order valence-electron chi connectivity index (χ1n) is 13.0. The molecule has 4 rings (SSSR count). The number of aromatic nitrogens is 4. The van der Waals surface area contributed by atoms with Crippen molar-refractivity contribution >= 4 is 40.5 Å². The molecule has 0 aromatic carbocycles. The minimum atomic E-state index is -4.76. The molecule has 1 saturated carbocycles. The molecule has 1 aliphatic heterocycles. The van der Waals surface area contributed by atoms with E-state index in [0.717, 1.165) is 6.42 Å². The molecule has 0 bridgehead atoms. The first-order valence-corrected chi connectivity index (χ1v) is 13.4. The number of anilines is 1. The minimum absolute atomic E-state index is 0.126. The predicted octanol–water partition coefficient (Wildman–Crippen LogP) is 4.56. The second-order valence-corrected chi connectivity index (χ2v) is 10.6. The number of alkyl halides is 5. The van der Waals surface area contributed by atoms with Crippen molar-refractivity contribution in [2.45, 2.75) is 81.9 Å². The maximum Gasteiger partial charge on any atom is 0.394 e. The summed E-state index contributed by atoms with van der Waals surface area (Å²) in [6.07, 6.45) is -11.6. The molecule has 3 heterocycles. The van der Waals surface area contributed by atoms with E-state index in [1.165, 1.54) is 10.9 Å². The van der Waals surface area contributed by atoms with E-state index < -0.39 is 86.1 Å². The number of imidazole rings is 1. The van der Waals surface area contributed by atoms with Gasteiger partial charge in [-0.1, -0.05) is 6.92 Å². The highest BCUT2D eigenvalue weighted by molar-refractivity contribution is 6.28. The van der Waals surface area contributed by atoms with Gasteiger partial charge in [-0.05, 0) is 43.2 Å². The van der Waals surface area contributed by atoms with E-state index in [2.05, 4.69) is 20.3 Å². The van der Waals surface area contributed by atoms with Gasteiger partial charge in [0.2, 0.25) is 5.28 Å². The van der Waals surface area contributed by atoms with Gasteiger partial charge >= 0.3 is 18.1 Å². The van der Waals surface area contributed by atoms with Crippen LogP contribution in [0.5, 0.6) is 0 Å². The Morgan fingerprint density at radius 3 is 2.49 bits per heavy atom. The van der Waals surface area contributed by atoms with E-state index in [1.54, 1.807) is 0 Å². The van der Waals surface area contributed by atoms with Gasteiger partial charge in [-0.15, -0.1) is 0 Å². The Kier molecular flexibility index (Phi) is 9.23. The van der Waals surface area contributed by atoms with Gasteiger partial charge in [-0.2, -0.15) is 23.1 Å². The van der Waals surface area contributed by atoms with Crippen molar-refractivity contribution in [3.05, 3.63) is 11.6 Å². The molecule has 0 amide bonds. The summed E-state index contributed by atoms with van der Waals surface area (Å²) in [7, 11) is 0. The number of ether oxygens (including phenoxy) is 2. The van der Waals surface area contributed by atoms with Gasteiger partial charge in [0.1, 0.15) is 12.3 Å². The number of nitrogens with one attached hydrogen (secondary N) is 1. The fourth-order valence-corrected chi connectivity index (χ4v) is 5.50. The number of carboxylic acids is 2. The number of carbonyl (C=O) groups is 2. The molecule has 1 saturated heterocycles. The van der Waals surface area contributed by atoms with Crippen LogP contribution < -0.4 is 5.32 Å². The van der Waals surface area contributed by atoms with Gasteiger partial charge in [0.25, 0.3) is 5.60 Å². The predicted molar refractivity (Wildman–Crippen MR) is 133 cm³/mol. The number of nitrogens with zero attached hydrogens (tertiary/aromatic N) is 4. The highest BCUT2D eigenvalue weighted by atomic mass is 35.5. The Hall–Kier alpha value is -2.85. The van der Waals surface area contributed by atoms with E-state index in [1.807, 2.05) is 6.92 Å². The highest BCUT2D eigenvalue weighted by Crippen LogP contribution is 2.44. The van der Waals surface area contributed by atoms with Crippen LogP contribution in [0.25, 0.3) is 11.2 Å². The average molecular weight is 614 g/mol. The SMILES string of the molecule is CCCNc1nc(Cl)nc2c1ncn2[C@@H]1O[C@H](COC(CC2CCC(C(F)(F)F)C(F)C2)(C(=O)O)C(=O)O)C[C@@H]1F. The van der Waals surface area contributed by atoms with Crippen LogP contribution in [0.15, 0.2) is 6.33 Å². The van der Waals surface area contributed by atoms with Gasteiger partial charge in [-0.25, -0.2) is 23.4 Å². The third-order valence-electron chi connectivity index (χ3n) is 7.42. The standard InChI is InChI=1S/C24H29ClF5N5O6/c1-2-5-31-17-16-18(34-22(25)33-17)35(10-32-16)19-15(27)7-12(41-19)9-40-23(20(36)37,21(38)39)8-11-3-4-13(14(26)6-11)24(28,29)30/h10-15,19H,2-9H2,1H3,(H,36,37)(H,38,39)(H,31,33,34)/t11?,12-,13?,14?,15-,19+/m0/s1. The fraction of sp³-hybridized carbons (Fsp3) is 0.708. The van der Waals surface area contributed by atoms with Crippen molar-refractivity contribution in [2.24, 2.45) is 11.8 Å². The molecule has 0 spiro atoms. The summed E-state index contributed by atoms with van der Waals surface area (Å²) >= 11 is 6.03. The van der Waals surface area contributed by atoms with Crippen LogP contribution in [0.3, 0.4) is 0 Å². The number of hydrogen-bond donors (Lipinski definition) is 3. The Bertz CT molecular complexity index is 1250.